The van der Waals surface area contributed by atoms with Gasteiger partial charge in [0.05, 0.1) is 7.11 Å². The zero-order chi connectivity index (χ0) is 25.6. The van der Waals surface area contributed by atoms with Crippen LogP contribution in [0.3, 0.4) is 0 Å². The van der Waals surface area contributed by atoms with Crippen LogP contribution in [-0.4, -0.2) is 18.1 Å². The first-order valence-corrected chi connectivity index (χ1v) is 12.4. The van der Waals surface area contributed by atoms with Crippen molar-refractivity contribution in [3.63, 3.8) is 0 Å². The minimum absolute atomic E-state index is 0.198. The zero-order valence-corrected chi connectivity index (χ0v) is 21.0. The first-order valence-electron chi connectivity index (χ1n) is 12.4. The van der Waals surface area contributed by atoms with E-state index in [1.54, 1.807) is 7.11 Å². The molecule has 1 heterocycles. The van der Waals surface area contributed by atoms with Gasteiger partial charge in [0.2, 0.25) is 0 Å². The summed E-state index contributed by atoms with van der Waals surface area (Å²) in [5.74, 6) is 0.702. The second-order valence-corrected chi connectivity index (χ2v) is 8.79. The minimum atomic E-state index is -0.431. The third-order valence-corrected chi connectivity index (χ3v) is 6.51. The van der Waals surface area contributed by atoms with E-state index in [1.165, 1.54) is 5.39 Å². The van der Waals surface area contributed by atoms with Crippen molar-refractivity contribution < 1.29 is 14.3 Å². The number of aromatic amines is 1. The van der Waals surface area contributed by atoms with Gasteiger partial charge in [-0.05, 0) is 45.8 Å². The molecule has 37 heavy (non-hydrogen) atoms. The van der Waals surface area contributed by atoms with E-state index in [-0.39, 0.29) is 5.97 Å². The standard InChI is InChI=1S/C24H20O2.C9H9NO/c1-2-23(25)26-24(21-15-7-11-17-9-3-5-13-19(17)21)22-16-8-12-18-10-4-6-14-20(18)22;1-11-8-2-3-9-7(6-8)4-5-10-9/h3-16,24H,2H2,1H3;2-6,10H,1H3. The number of hydrogen-bond donors (Lipinski definition) is 1. The lowest BCUT2D eigenvalue weighted by atomic mass is 9.92. The molecular weight excluding hydrogens is 458 g/mol. The van der Waals surface area contributed by atoms with Gasteiger partial charge in [-0.2, -0.15) is 0 Å². The fourth-order valence-corrected chi connectivity index (χ4v) is 4.63. The molecule has 0 radical (unpaired) electrons. The van der Waals surface area contributed by atoms with Gasteiger partial charge in [-0.3, -0.25) is 4.79 Å². The van der Waals surface area contributed by atoms with Gasteiger partial charge in [-0.25, -0.2) is 0 Å². The summed E-state index contributed by atoms with van der Waals surface area (Å²) in [6, 6.07) is 36.7. The Balaban J connectivity index is 0.000000212. The molecule has 0 aliphatic heterocycles. The maximum atomic E-state index is 12.2. The third-order valence-electron chi connectivity index (χ3n) is 6.51. The molecule has 4 nitrogen and oxygen atoms in total. The van der Waals surface area contributed by atoms with Crippen molar-refractivity contribution >= 4 is 38.4 Å². The normalized spacial score (nSPS) is 10.9. The van der Waals surface area contributed by atoms with Gasteiger partial charge in [0.15, 0.2) is 6.10 Å². The molecule has 0 amide bonds. The van der Waals surface area contributed by atoms with E-state index in [0.29, 0.717) is 6.42 Å². The fourth-order valence-electron chi connectivity index (χ4n) is 4.63. The lowest BCUT2D eigenvalue weighted by molar-refractivity contribution is -0.147. The number of esters is 1. The number of nitrogens with one attached hydrogen (secondary N) is 1. The van der Waals surface area contributed by atoms with Crippen LogP contribution in [0, 0.1) is 0 Å². The summed E-state index contributed by atoms with van der Waals surface area (Å²) in [6.07, 6.45) is 1.84. The van der Waals surface area contributed by atoms with Crippen LogP contribution in [0.25, 0.3) is 32.4 Å². The highest BCUT2D eigenvalue weighted by Gasteiger charge is 2.22. The number of rotatable bonds is 5. The summed E-state index contributed by atoms with van der Waals surface area (Å²) < 4.78 is 11.0. The van der Waals surface area contributed by atoms with E-state index in [9.17, 15) is 4.79 Å². The topological polar surface area (TPSA) is 51.3 Å². The molecule has 6 rings (SSSR count). The molecule has 1 N–H and O–H groups in total. The highest BCUT2D eigenvalue weighted by atomic mass is 16.5. The lowest BCUT2D eigenvalue weighted by Gasteiger charge is -2.22. The van der Waals surface area contributed by atoms with Crippen molar-refractivity contribution in [1.82, 2.24) is 4.98 Å². The Labute approximate surface area is 216 Å². The summed E-state index contributed by atoms with van der Waals surface area (Å²) in [5.41, 5.74) is 3.17. The number of H-pyrrole nitrogens is 1. The average molecular weight is 488 g/mol. The van der Waals surface area contributed by atoms with Crippen molar-refractivity contribution in [2.75, 3.05) is 7.11 Å². The third kappa shape index (κ3) is 5.19. The number of aromatic nitrogens is 1. The molecule has 1 aromatic heterocycles. The number of ether oxygens (including phenoxy) is 2. The largest absolute Gasteiger partial charge is 0.497 e. The quantitative estimate of drug-likeness (QED) is 0.249. The van der Waals surface area contributed by atoms with Crippen LogP contribution in [0.4, 0.5) is 0 Å². The lowest BCUT2D eigenvalue weighted by Crippen LogP contribution is -2.12. The SMILES string of the molecule is CCC(=O)OC(c1cccc2ccccc12)c1cccc2ccccc12.COc1ccc2[nH]ccc2c1. The summed E-state index contributed by atoms with van der Waals surface area (Å²) in [6.45, 7) is 1.82. The Morgan fingerprint density at radius 2 is 1.32 bits per heavy atom. The maximum Gasteiger partial charge on any atom is 0.306 e. The zero-order valence-electron chi connectivity index (χ0n) is 21.0. The number of methoxy groups -OCH3 is 1. The van der Waals surface area contributed by atoms with Crippen LogP contribution in [0.5, 0.6) is 5.75 Å². The van der Waals surface area contributed by atoms with Crippen molar-refractivity contribution in [2.24, 2.45) is 0 Å². The Hall–Kier alpha value is -4.57. The van der Waals surface area contributed by atoms with E-state index in [2.05, 4.69) is 53.5 Å². The molecular formula is C33H29NO3. The van der Waals surface area contributed by atoms with Gasteiger partial charge in [0.1, 0.15) is 5.75 Å². The molecule has 0 aliphatic carbocycles. The van der Waals surface area contributed by atoms with Crippen molar-refractivity contribution in [2.45, 2.75) is 19.4 Å². The van der Waals surface area contributed by atoms with E-state index in [1.807, 2.05) is 73.8 Å². The highest BCUT2D eigenvalue weighted by molar-refractivity contribution is 5.90. The molecule has 0 unspecified atom stereocenters. The molecule has 4 heteroatoms. The molecule has 0 saturated heterocycles. The van der Waals surface area contributed by atoms with Gasteiger partial charge >= 0.3 is 5.97 Å². The van der Waals surface area contributed by atoms with E-state index in [4.69, 9.17) is 9.47 Å². The summed E-state index contributed by atoms with van der Waals surface area (Å²) in [5, 5.41) is 5.68. The van der Waals surface area contributed by atoms with Gasteiger partial charge in [0, 0.05) is 34.6 Å². The second-order valence-electron chi connectivity index (χ2n) is 8.79. The summed E-state index contributed by atoms with van der Waals surface area (Å²) >= 11 is 0. The van der Waals surface area contributed by atoms with Crippen LogP contribution in [0.2, 0.25) is 0 Å². The highest BCUT2D eigenvalue weighted by Crippen LogP contribution is 2.35. The monoisotopic (exact) mass is 487 g/mol. The molecule has 0 atom stereocenters. The second kappa shape index (κ2) is 11.0. The molecule has 0 saturated carbocycles. The number of hydrogen-bond acceptors (Lipinski definition) is 3. The molecule has 5 aromatic carbocycles. The van der Waals surface area contributed by atoms with Crippen molar-refractivity contribution in [3.8, 4) is 5.75 Å². The summed E-state index contributed by atoms with van der Waals surface area (Å²) in [4.78, 5) is 15.3. The fraction of sp³-hybridized carbons (Fsp3) is 0.121. The first kappa shape index (κ1) is 24.1. The van der Waals surface area contributed by atoms with Gasteiger partial charge in [-0.15, -0.1) is 0 Å². The van der Waals surface area contributed by atoms with Crippen molar-refractivity contribution in [1.29, 1.82) is 0 Å². The number of fused-ring (bicyclic) bond motifs is 3. The maximum absolute atomic E-state index is 12.2. The number of benzene rings is 5. The molecule has 0 fully saturated rings. The van der Waals surface area contributed by atoms with Crippen LogP contribution < -0.4 is 4.74 Å². The van der Waals surface area contributed by atoms with Crippen LogP contribution in [-0.2, 0) is 9.53 Å². The van der Waals surface area contributed by atoms with Crippen LogP contribution in [0.15, 0.2) is 115 Å². The average Bonchev–Trinajstić information content (AvgIpc) is 3.44. The predicted octanol–water partition coefficient (Wildman–Crippen LogP) is 8.21. The number of carbonyl (C=O) groups is 1. The predicted molar refractivity (Wildman–Crippen MR) is 151 cm³/mol. The minimum Gasteiger partial charge on any atom is -0.497 e. The number of carbonyl (C=O) groups excluding carboxylic acids is 1. The van der Waals surface area contributed by atoms with Crippen LogP contribution in [0.1, 0.15) is 30.6 Å². The Bertz CT molecular complexity index is 1580. The molecule has 184 valence electrons. The Morgan fingerprint density at radius 3 is 1.92 bits per heavy atom. The van der Waals surface area contributed by atoms with Gasteiger partial charge in [-0.1, -0.05) is 91.9 Å². The Kier molecular flexibility index (Phi) is 7.18. The van der Waals surface area contributed by atoms with Gasteiger partial charge in [0.25, 0.3) is 0 Å². The summed E-state index contributed by atoms with van der Waals surface area (Å²) in [7, 11) is 1.67. The molecule has 0 aliphatic rings. The van der Waals surface area contributed by atoms with E-state index < -0.39 is 6.10 Å². The van der Waals surface area contributed by atoms with E-state index >= 15 is 0 Å². The molecule has 0 bridgehead atoms. The Morgan fingerprint density at radius 1 is 0.730 bits per heavy atom. The smallest absolute Gasteiger partial charge is 0.306 e. The van der Waals surface area contributed by atoms with E-state index in [0.717, 1.165) is 43.9 Å². The molecule has 6 aromatic rings. The van der Waals surface area contributed by atoms with Crippen molar-refractivity contribution in [3.05, 3.63) is 127 Å². The van der Waals surface area contributed by atoms with Gasteiger partial charge < -0.3 is 14.5 Å². The molecule has 0 spiro atoms. The first-order chi connectivity index (χ1) is 18.2. The van der Waals surface area contributed by atoms with Crippen LogP contribution >= 0.6 is 0 Å².